The largest absolute Gasteiger partial charge is 0.326 e. The van der Waals surface area contributed by atoms with Gasteiger partial charge < -0.3 is 5.32 Å². The van der Waals surface area contributed by atoms with Gasteiger partial charge in [0.1, 0.15) is 0 Å². The van der Waals surface area contributed by atoms with E-state index in [-0.39, 0.29) is 5.91 Å². The molecule has 0 saturated heterocycles. The molecule has 3 aliphatic rings. The zero-order valence-corrected chi connectivity index (χ0v) is 11.6. The molecule has 1 unspecified atom stereocenters. The van der Waals surface area contributed by atoms with Crippen LogP contribution in [0.2, 0.25) is 0 Å². The van der Waals surface area contributed by atoms with Gasteiger partial charge in [-0.05, 0) is 74.0 Å². The second kappa shape index (κ2) is 3.84. The maximum atomic E-state index is 12.5. The van der Waals surface area contributed by atoms with Crippen molar-refractivity contribution in [2.24, 2.45) is 29.6 Å². The summed E-state index contributed by atoms with van der Waals surface area (Å²) in [5, 5.41) is 3.17. The van der Waals surface area contributed by atoms with Crippen molar-refractivity contribution < 1.29 is 4.79 Å². The lowest BCUT2D eigenvalue weighted by molar-refractivity contribution is -0.118. The third kappa shape index (κ3) is 1.65. The fourth-order valence-electron chi connectivity index (χ4n) is 4.76. The van der Waals surface area contributed by atoms with Crippen LogP contribution in [0.1, 0.15) is 30.4 Å². The Balaban J connectivity index is 1.50. The van der Waals surface area contributed by atoms with Gasteiger partial charge in [-0.2, -0.15) is 0 Å². The summed E-state index contributed by atoms with van der Waals surface area (Å²) in [5.41, 5.74) is 3.37. The van der Waals surface area contributed by atoms with Crippen LogP contribution < -0.4 is 5.32 Å². The highest BCUT2D eigenvalue weighted by Gasteiger charge is 2.67. The number of aryl methyl sites for hydroxylation is 2. The molecule has 0 aliphatic heterocycles. The van der Waals surface area contributed by atoms with Crippen molar-refractivity contribution in [2.75, 3.05) is 5.32 Å². The summed E-state index contributed by atoms with van der Waals surface area (Å²) < 4.78 is 0. The SMILES string of the molecule is Cc1ccc(C)c(NC(=O)C2[C@@H]3[C@@H]4CC[C@H](C4)[C@H]23)c1. The van der Waals surface area contributed by atoms with Crippen LogP contribution in [0, 0.1) is 43.4 Å². The third-order valence-corrected chi connectivity index (χ3v) is 5.69. The Bertz CT molecular complexity index is 534. The van der Waals surface area contributed by atoms with Crippen molar-refractivity contribution in [2.45, 2.75) is 33.1 Å². The Kier molecular flexibility index (Phi) is 2.33. The summed E-state index contributed by atoms with van der Waals surface area (Å²) >= 11 is 0. The van der Waals surface area contributed by atoms with Crippen molar-refractivity contribution in [3.8, 4) is 0 Å². The second-order valence-corrected chi connectivity index (χ2v) is 6.82. The van der Waals surface area contributed by atoms with Crippen molar-refractivity contribution >= 4 is 11.6 Å². The van der Waals surface area contributed by atoms with Gasteiger partial charge in [0.25, 0.3) is 0 Å². The summed E-state index contributed by atoms with van der Waals surface area (Å²) in [7, 11) is 0. The van der Waals surface area contributed by atoms with Crippen molar-refractivity contribution in [3.63, 3.8) is 0 Å². The first kappa shape index (κ1) is 11.5. The monoisotopic (exact) mass is 255 g/mol. The molecule has 0 aromatic heterocycles. The number of anilines is 1. The van der Waals surface area contributed by atoms with Crippen LogP contribution in [0.4, 0.5) is 5.69 Å². The maximum Gasteiger partial charge on any atom is 0.228 e. The minimum Gasteiger partial charge on any atom is -0.326 e. The number of carbonyl (C=O) groups excluding carboxylic acids is 1. The molecule has 100 valence electrons. The first-order valence-corrected chi connectivity index (χ1v) is 7.53. The minimum atomic E-state index is 0.278. The van der Waals surface area contributed by atoms with Gasteiger partial charge in [0.05, 0.1) is 0 Å². The number of hydrogen-bond donors (Lipinski definition) is 1. The summed E-state index contributed by atoms with van der Waals surface area (Å²) in [5.74, 6) is 3.79. The van der Waals surface area contributed by atoms with Crippen LogP contribution in [0.5, 0.6) is 0 Å². The van der Waals surface area contributed by atoms with E-state index in [1.54, 1.807) is 0 Å². The molecule has 1 aromatic carbocycles. The fraction of sp³-hybridized carbons (Fsp3) is 0.588. The van der Waals surface area contributed by atoms with Crippen LogP contribution in [-0.2, 0) is 4.79 Å². The topological polar surface area (TPSA) is 29.1 Å². The Hall–Kier alpha value is -1.31. The highest BCUT2D eigenvalue weighted by atomic mass is 16.2. The first-order valence-electron chi connectivity index (χ1n) is 7.53. The van der Waals surface area contributed by atoms with E-state index in [1.807, 2.05) is 0 Å². The number of amides is 1. The average Bonchev–Trinajstić information content (AvgIpc) is 2.83. The van der Waals surface area contributed by atoms with E-state index in [4.69, 9.17) is 0 Å². The molecule has 1 aromatic rings. The van der Waals surface area contributed by atoms with Crippen molar-refractivity contribution in [1.82, 2.24) is 0 Å². The van der Waals surface area contributed by atoms with Crippen LogP contribution in [0.15, 0.2) is 18.2 Å². The summed E-state index contributed by atoms with van der Waals surface area (Å²) in [6.07, 6.45) is 4.15. The van der Waals surface area contributed by atoms with E-state index < -0.39 is 0 Å². The molecule has 3 saturated carbocycles. The van der Waals surface area contributed by atoms with Gasteiger partial charge in [-0.15, -0.1) is 0 Å². The maximum absolute atomic E-state index is 12.5. The molecule has 1 amide bonds. The van der Waals surface area contributed by atoms with Gasteiger partial charge in [-0.25, -0.2) is 0 Å². The normalized spacial score (nSPS) is 38.1. The summed E-state index contributed by atoms with van der Waals surface area (Å²) in [6.45, 7) is 4.13. The number of rotatable bonds is 2. The van der Waals surface area contributed by atoms with Gasteiger partial charge in [-0.1, -0.05) is 12.1 Å². The van der Waals surface area contributed by atoms with E-state index in [9.17, 15) is 4.79 Å². The Morgan fingerprint density at radius 1 is 1.16 bits per heavy atom. The second-order valence-electron chi connectivity index (χ2n) is 6.82. The Morgan fingerprint density at radius 3 is 2.53 bits per heavy atom. The molecule has 0 heterocycles. The van der Waals surface area contributed by atoms with E-state index >= 15 is 0 Å². The quantitative estimate of drug-likeness (QED) is 0.860. The Morgan fingerprint density at radius 2 is 1.84 bits per heavy atom. The third-order valence-electron chi connectivity index (χ3n) is 5.69. The van der Waals surface area contributed by atoms with Gasteiger partial charge in [0.15, 0.2) is 0 Å². The molecule has 2 heteroatoms. The van der Waals surface area contributed by atoms with Crippen LogP contribution >= 0.6 is 0 Å². The minimum absolute atomic E-state index is 0.278. The Labute approximate surface area is 114 Å². The number of hydrogen-bond acceptors (Lipinski definition) is 1. The zero-order chi connectivity index (χ0) is 13.1. The number of benzene rings is 1. The molecule has 0 radical (unpaired) electrons. The van der Waals surface area contributed by atoms with Gasteiger partial charge in [0.2, 0.25) is 5.91 Å². The molecule has 3 aliphatic carbocycles. The predicted octanol–water partition coefficient (Wildman–Crippen LogP) is 3.53. The molecular formula is C17H21NO. The molecule has 3 fully saturated rings. The van der Waals surface area contributed by atoms with Crippen molar-refractivity contribution in [3.05, 3.63) is 29.3 Å². The van der Waals surface area contributed by atoms with Crippen molar-refractivity contribution in [1.29, 1.82) is 0 Å². The molecule has 0 spiro atoms. The van der Waals surface area contributed by atoms with Gasteiger partial charge in [-0.3, -0.25) is 4.79 Å². The fourth-order valence-corrected chi connectivity index (χ4v) is 4.76. The van der Waals surface area contributed by atoms with E-state index in [0.29, 0.717) is 5.92 Å². The lowest BCUT2D eigenvalue weighted by Crippen LogP contribution is -2.19. The molecule has 5 atom stereocenters. The lowest BCUT2D eigenvalue weighted by Gasteiger charge is -2.12. The van der Waals surface area contributed by atoms with Gasteiger partial charge in [0, 0.05) is 11.6 Å². The smallest absolute Gasteiger partial charge is 0.228 e. The lowest BCUT2D eigenvalue weighted by atomic mass is 10.0. The standard InChI is InChI=1S/C17H21NO/c1-9-3-4-10(2)13(7-9)18-17(19)16-14-11-5-6-12(8-11)15(14)16/h3-4,7,11-12,14-16H,5-6,8H2,1-2H3,(H,18,19)/t11-,12-,14-,15+,16?/m1/s1. The van der Waals surface area contributed by atoms with Gasteiger partial charge >= 0.3 is 0 Å². The van der Waals surface area contributed by atoms with Crippen LogP contribution in [0.25, 0.3) is 0 Å². The first-order chi connectivity index (χ1) is 9.15. The molecule has 19 heavy (non-hydrogen) atoms. The molecule has 2 bridgehead atoms. The number of fused-ring (bicyclic) bond motifs is 5. The summed E-state index contributed by atoms with van der Waals surface area (Å²) in [6, 6.07) is 6.26. The number of nitrogens with one attached hydrogen (secondary N) is 1. The van der Waals surface area contributed by atoms with Crippen LogP contribution in [0.3, 0.4) is 0 Å². The predicted molar refractivity (Wildman–Crippen MR) is 75.8 cm³/mol. The van der Waals surface area contributed by atoms with E-state index in [0.717, 1.165) is 34.9 Å². The highest BCUT2D eigenvalue weighted by molar-refractivity contribution is 5.95. The molecule has 2 nitrogen and oxygen atoms in total. The zero-order valence-electron chi connectivity index (χ0n) is 11.6. The average molecular weight is 255 g/mol. The molecular weight excluding hydrogens is 234 g/mol. The summed E-state index contributed by atoms with van der Waals surface area (Å²) in [4.78, 5) is 12.5. The highest BCUT2D eigenvalue weighted by Crippen LogP contribution is 2.69. The molecule has 4 rings (SSSR count). The van der Waals surface area contributed by atoms with E-state index in [2.05, 4.69) is 37.4 Å². The van der Waals surface area contributed by atoms with Crippen LogP contribution in [-0.4, -0.2) is 5.91 Å². The van der Waals surface area contributed by atoms with E-state index in [1.165, 1.54) is 24.8 Å². The molecule has 1 N–H and O–H groups in total. The number of carbonyl (C=O) groups is 1.